The molecule has 116 valence electrons. The molecule has 1 heterocycles. The van der Waals surface area contributed by atoms with Crippen LogP contribution >= 0.6 is 23.8 Å². The molecule has 4 nitrogen and oxygen atoms in total. The minimum absolute atomic E-state index is 0.189. The van der Waals surface area contributed by atoms with Gasteiger partial charge in [0.05, 0.1) is 12.2 Å². The molecule has 0 aliphatic carbocycles. The van der Waals surface area contributed by atoms with Gasteiger partial charge in [-0.1, -0.05) is 48.1 Å². The summed E-state index contributed by atoms with van der Waals surface area (Å²) in [6.45, 7) is 0.384. The van der Waals surface area contributed by atoms with E-state index in [0.717, 1.165) is 11.1 Å². The third-order valence-electron chi connectivity index (χ3n) is 3.42. The minimum Gasteiger partial charge on any atom is -0.508 e. The van der Waals surface area contributed by atoms with Gasteiger partial charge in [-0.2, -0.15) is 0 Å². The maximum Gasteiger partial charge on any atom is 0.327 e. The first kappa shape index (κ1) is 15.5. The summed E-state index contributed by atoms with van der Waals surface area (Å²) in [5.74, 6) is 0.189. The topological polar surface area (TPSA) is 52.6 Å². The lowest BCUT2D eigenvalue weighted by molar-refractivity contribution is 0.228. The first-order valence-corrected chi connectivity index (χ1v) is 7.69. The Hall–Kier alpha value is -2.37. The second kappa shape index (κ2) is 6.40. The van der Waals surface area contributed by atoms with Gasteiger partial charge >= 0.3 is 6.03 Å². The fourth-order valence-corrected chi connectivity index (χ4v) is 2.61. The standard InChI is InChI=1S/C17H13ClN2O2S/c18-13-5-1-12(2-6-13)10-20-16(23)15(19-17(20)22)9-11-3-7-14(21)8-4-11/h1-9,21H,10H2,(H,19,22)/b15-9-. The van der Waals surface area contributed by atoms with Gasteiger partial charge < -0.3 is 10.4 Å². The zero-order valence-electron chi connectivity index (χ0n) is 12.0. The van der Waals surface area contributed by atoms with Gasteiger partial charge in [-0.15, -0.1) is 0 Å². The van der Waals surface area contributed by atoms with Crippen LogP contribution in [-0.4, -0.2) is 21.0 Å². The number of nitrogens with zero attached hydrogens (tertiary/aromatic N) is 1. The molecule has 0 unspecified atom stereocenters. The molecule has 2 amide bonds. The van der Waals surface area contributed by atoms with Crippen LogP contribution in [-0.2, 0) is 6.54 Å². The van der Waals surface area contributed by atoms with Crippen molar-refractivity contribution in [1.82, 2.24) is 10.2 Å². The van der Waals surface area contributed by atoms with Gasteiger partial charge in [0.2, 0.25) is 0 Å². The van der Waals surface area contributed by atoms with Crippen LogP contribution < -0.4 is 5.32 Å². The molecule has 1 aliphatic heterocycles. The van der Waals surface area contributed by atoms with Gasteiger partial charge in [0.25, 0.3) is 0 Å². The smallest absolute Gasteiger partial charge is 0.327 e. The third kappa shape index (κ3) is 3.52. The molecule has 2 aromatic rings. The number of aromatic hydroxyl groups is 1. The molecule has 0 spiro atoms. The first-order chi connectivity index (χ1) is 11.0. The number of benzene rings is 2. The molecular formula is C17H13ClN2O2S. The number of halogens is 1. The molecule has 0 atom stereocenters. The normalized spacial score (nSPS) is 16.0. The average molecular weight is 345 g/mol. The first-order valence-electron chi connectivity index (χ1n) is 6.91. The molecular weight excluding hydrogens is 332 g/mol. The maximum absolute atomic E-state index is 12.1. The molecule has 3 rings (SSSR count). The maximum atomic E-state index is 12.1. The van der Waals surface area contributed by atoms with Crippen molar-refractivity contribution in [3.8, 4) is 5.75 Å². The van der Waals surface area contributed by atoms with Gasteiger partial charge in [0.1, 0.15) is 10.7 Å². The lowest BCUT2D eigenvalue weighted by Crippen LogP contribution is -2.29. The largest absolute Gasteiger partial charge is 0.508 e. The van der Waals surface area contributed by atoms with E-state index in [4.69, 9.17) is 23.8 Å². The van der Waals surface area contributed by atoms with Crippen LogP contribution in [0.5, 0.6) is 5.75 Å². The molecule has 0 bridgehead atoms. The Morgan fingerprint density at radius 3 is 2.43 bits per heavy atom. The van der Waals surface area contributed by atoms with Crippen molar-refractivity contribution in [3.05, 3.63) is 70.4 Å². The number of hydrogen-bond acceptors (Lipinski definition) is 3. The van der Waals surface area contributed by atoms with E-state index in [1.165, 1.54) is 4.90 Å². The zero-order chi connectivity index (χ0) is 16.4. The number of phenols is 1. The number of amides is 2. The van der Waals surface area contributed by atoms with Crippen molar-refractivity contribution in [2.75, 3.05) is 0 Å². The SMILES string of the molecule is O=C1N/C(=C\c2ccc(O)cc2)C(=S)N1Cc1ccc(Cl)cc1. The lowest BCUT2D eigenvalue weighted by Gasteiger charge is -2.13. The fraction of sp³-hybridized carbons (Fsp3) is 0.0588. The number of nitrogens with one attached hydrogen (secondary N) is 1. The number of carbonyl (C=O) groups is 1. The van der Waals surface area contributed by atoms with E-state index in [-0.39, 0.29) is 11.8 Å². The van der Waals surface area contributed by atoms with E-state index < -0.39 is 0 Å². The minimum atomic E-state index is -0.255. The molecule has 1 fully saturated rings. The fourth-order valence-electron chi connectivity index (χ4n) is 2.22. The summed E-state index contributed by atoms with van der Waals surface area (Å²) in [5.41, 5.74) is 2.36. The van der Waals surface area contributed by atoms with Crippen molar-refractivity contribution in [2.24, 2.45) is 0 Å². The van der Waals surface area contributed by atoms with Crippen molar-refractivity contribution in [1.29, 1.82) is 0 Å². The van der Waals surface area contributed by atoms with E-state index in [2.05, 4.69) is 5.32 Å². The molecule has 1 aliphatic rings. The molecule has 0 aromatic heterocycles. The Balaban J connectivity index is 1.79. The van der Waals surface area contributed by atoms with Crippen molar-refractivity contribution < 1.29 is 9.90 Å². The quantitative estimate of drug-likeness (QED) is 0.655. The van der Waals surface area contributed by atoms with Crippen LogP contribution in [0, 0.1) is 0 Å². The lowest BCUT2D eigenvalue weighted by atomic mass is 10.2. The van der Waals surface area contributed by atoms with Crippen molar-refractivity contribution in [2.45, 2.75) is 6.54 Å². The molecule has 0 saturated carbocycles. The number of hydrogen-bond donors (Lipinski definition) is 2. The number of thiocarbonyl (C=S) groups is 1. The summed E-state index contributed by atoms with van der Waals surface area (Å²) in [6, 6.07) is 13.7. The Morgan fingerprint density at radius 1 is 1.13 bits per heavy atom. The van der Waals surface area contributed by atoms with Crippen molar-refractivity contribution >= 4 is 40.9 Å². The van der Waals surface area contributed by atoms with E-state index in [9.17, 15) is 9.90 Å². The van der Waals surface area contributed by atoms with Crippen LogP contribution in [0.2, 0.25) is 5.02 Å². The molecule has 2 aromatic carbocycles. The van der Waals surface area contributed by atoms with Gasteiger partial charge in [-0.25, -0.2) is 4.79 Å². The van der Waals surface area contributed by atoms with Crippen LogP contribution in [0.4, 0.5) is 4.79 Å². The second-order valence-electron chi connectivity index (χ2n) is 5.10. The number of phenolic OH excluding ortho intramolecular Hbond substituents is 1. The summed E-state index contributed by atoms with van der Waals surface area (Å²) < 4.78 is 0. The number of urea groups is 1. The highest BCUT2D eigenvalue weighted by molar-refractivity contribution is 7.80. The number of rotatable bonds is 3. The molecule has 0 radical (unpaired) electrons. The summed E-state index contributed by atoms with van der Waals surface area (Å²) in [7, 11) is 0. The molecule has 6 heteroatoms. The molecule has 2 N–H and O–H groups in total. The highest BCUT2D eigenvalue weighted by atomic mass is 35.5. The van der Waals surface area contributed by atoms with E-state index in [1.807, 2.05) is 12.1 Å². The van der Waals surface area contributed by atoms with Gasteiger partial charge in [-0.3, -0.25) is 4.90 Å². The van der Waals surface area contributed by atoms with Crippen LogP contribution in [0.15, 0.2) is 54.2 Å². The predicted octanol–water partition coefficient (Wildman–Crippen LogP) is 3.94. The van der Waals surface area contributed by atoms with Gasteiger partial charge in [-0.05, 0) is 41.5 Å². The summed E-state index contributed by atoms with van der Waals surface area (Å²) >= 11 is 11.3. The second-order valence-corrected chi connectivity index (χ2v) is 5.92. The van der Waals surface area contributed by atoms with Crippen LogP contribution in [0.25, 0.3) is 6.08 Å². The predicted molar refractivity (Wildman–Crippen MR) is 94.2 cm³/mol. The Morgan fingerprint density at radius 2 is 1.78 bits per heavy atom. The summed E-state index contributed by atoms with van der Waals surface area (Å²) in [4.78, 5) is 14.1. The summed E-state index contributed by atoms with van der Waals surface area (Å²) in [5, 5.41) is 12.7. The van der Waals surface area contributed by atoms with Gasteiger partial charge in [0, 0.05) is 5.02 Å². The van der Waals surface area contributed by atoms with E-state index in [0.29, 0.717) is 22.3 Å². The van der Waals surface area contributed by atoms with Crippen LogP contribution in [0.3, 0.4) is 0 Å². The highest BCUT2D eigenvalue weighted by Gasteiger charge is 2.29. The average Bonchev–Trinajstić information content (AvgIpc) is 2.79. The Labute approximate surface area is 144 Å². The van der Waals surface area contributed by atoms with Gasteiger partial charge in [0.15, 0.2) is 0 Å². The molecule has 1 saturated heterocycles. The zero-order valence-corrected chi connectivity index (χ0v) is 13.6. The van der Waals surface area contributed by atoms with Crippen LogP contribution in [0.1, 0.15) is 11.1 Å². The number of carbonyl (C=O) groups excluding carboxylic acids is 1. The van der Waals surface area contributed by atoms with Crippen molar-refractivity contribution in [3.63, 3.8) is 0 Å². The highest BCUT2D eigenvalue weighted by Crippen LogP contribution is 2.20. The third-order valence-corrected chi connectivity index (χ3v) is 4.11. The monoisotopic (exact) mass is 344 g/mol. The molecule has 23 heavy (non-hydrogen) atoms. The Kier molecular flexibility index (Phi) is 4.32. The van der Waals surface area contributed by atoms with E-state index in [1.54, 1.807) is 42.5 Å². The Bertz CT molecular complexity index is 785. The van der Waals surface area contributed by atoms with E-state index >= 15 is 0 Å². The summed E-state index contributed by atoms with van der Waals surface area (Å²) in [6.07, 6.45) is 1.78.